The highest BCUT2D eigenvalue weighted by Gasteiger charge is 2.28. The van der Waals surface area contributed by atoms with Gasteiger partial charge in [0.2, 0.25) is 11.8 Å². The molecule has 0 bridgehead atoms. The molecule has 0 unspecified atom stereocenters. The summed E-state index contributed by atoms with van der Waals surface area (Å²) in [5.41, 5.74) is 4.35. The van der Waals surface area contributed by atoms with Crippen molar-refractivity contribution in [1.29, 1.82) is 0 Å². The van der Waals surface area contributed by atoms with Gasteiger partial charge in [-0.05, 0) is 62.1 Å². The molecule has 1 atom stereocenters. The number of thioether (sulfide) groups is 1. The number of anilines is 1. The third kappa shape index (κ3) is 5.07. The Hall–Kier alpha value is -2.47. The first-order valence-electron chi connectivity index (χ1n) is 9.48. The largest absolute Gasteiger partial charge is 0.493 e. The lowest BCUT2D eigenvalue weighted by molar-refractivity contribution is -0.124. The zero-order chi connectivity index (χ0) is 20.1. The van der Waals surface area contributed by atoms with Gasteiger partial charge in [0.15, 0.2) is 0 Å². The summed E-state index contributed by atoms with van der Waals surface area (Å²) in [6, 6.07) is 11.8. The van der Waals surface area contributed by atoms with Crippen molar-refractivity contribution in [3.05, 3.63) is 53.1 Å². The Labute approximate surface area is 170 Å². The van der Waals surface area contributed by atoms with Gasteiger partial charge in [-0.15, -0.1) is 11.8 Å². The number of hydrogen-bond donors (Lipinski definition) is 2. The van der Waals surface area contributed by atoms with Crippen molar-refractivity contribution in [2.75, 3.05) is 18.5 Å². The Morgan fingerprint density at radius 3 is 2.82 bits per heavy atom. The molecular weight excluding hydrogens is 372 g/mol. The number of ether oxygens (including phenoxy) is 1. The molecule has 0 saturated carbocycles. The summed E-state index contributed by atoms with van der Waals surface area (Å²) in [4.78, 5) is 25.4. The van der Waals surface area contributed by atoms with Crippen LogP contribution in [0.1, 0.15) is 29.5 Å². The topological polar surface area (TPSA) is 67.4 Å². The molecule has 1 heterocycles. The lowest BCUT2D eigenvalue weighted by Crippen LogP contribution is -2.35. The molecule has 6 heteroatoms. The van der Waals surface area contributed by atoms with Gasteiger partial charge >= 0.3 is 0 Å². The molecule has 28 heavy (non-hydrogen) atoms. The van der Waals surface area contributed by atoms with Gasteiger partial charge in [-0.25, -0.2) is 0 Å². The summed E-state index contributed by atoms with van der Waals surface area (Å²) < 4.78 is 5.87. The van der Waals surface area contributed by atoms with Crippen LogP contribution >= 0.6 is 11.8 Å². The maximum Gasteiger partial charge on any atom is 0.238 e. The molecule has 2 aromatic rings. The molecule has 0 spiro atoms. The van der Waals surface area contributed by atoms with E-state index in [1.807, 2.05) is 30.3 Å². The summed E-state index contributed by atoms with van der Waals surface area (Å²) in [5, 5.41) is 5.35. The number of fused-ring (bicyclic) bond motifs is 1. The fraction of sp³-hybridized carbons (Fsp3) is 0.364. The minimum atomic E-state index is -0.399. The predicted octanol–water partition coefficient (Wildman–Crippen LogP) is 4.00. The molecule has 1 aliphatic heterocycles. The Bertz CT molecular complexity index is 882. The third-order valence-electron chi connectivity index (χ3n) is 4.74. The molecule has 5 nitrogen and oxygen atoms in total. The van der Waals surface area contributed by atoms with Crippen LogP contribution in [0.15, 0.2) is 41.3 Å². The number of aryl methyl sites for hydroxylation is 2. The van der Waals surface area contributed by atoms with E-state index in [9.17, 15) is 9.59 Å². The van der Waals surface area contributed by atoms with Gasteiger partial charge in [0.05, 0.1) is 17.5 Å². The van der Waals surface area contributed by atoms with Crippen molar-refractivity contribution in [2.45, 2.75) is 43.8 Å². The average Bonchev–Trinajstić information content (AvgIpc) is 2.65. The number of para-hydroxylation sites is 1. The third-order valence-corrected chi connectivity index (χ3v) is 6.02. The van der Waals surface area contributed by atoms with Gasteiger partial charge in [0, 0.05) is 17.9 Å². The van der Waals surface area contributed by atoms with Crippen molar-refractivity contribution >= 4 is 29.3 Å². The highest BCUT2D eigenvalue weighted by atomic mass is 32.2. The first-order valence-corrected chi connectivity index (χ1v) is 10.4. The second-order valence-electron chi connectivity index (χ2n) is 7.05. The molecule has 148 valence electrons. The Balaban J connectivity index is 1.40. The minimum Gasteiger partial charge on any atom is -0.493 e. The van der Waals surface area contributed by atoms with Gasteiger partial charge in [-0.1, -0.05) is 18.2 Å². The summed E-state index contributed by atoms with van der Waals surface area (Å²) in [6.45, 7) is 7.25. The maximum atomic E-state index is 12.2. The van der Waals surface area contributed by atoms with Crippen LogP contribution in [0.3, 0.4) is 0 Å². The lowest BCUT2D eigenvalue weighted by atomic mass is 10.1. The first-order chi connectivity index (χ1) is 13.4. The average molecular weight is 399 g/mol. The lowest BCUT2D eigenvalue weighted by Gasteiger charge is -2.23. The van der Waals surface area contributed by atoms with Crippen LogP contribution in [0, 0.1) is 20.8 Å². The molecule has 0 fully saturated rings. The number of rotatable bonds is 7. The van der Waals surface area contributed by atoms with Crippen LogP contribution in [0.5, 0.6) is 5.75 Å². The fourth-order valence-electron chi connectivity index (χ4n) is 3.10. The first kappa shape index (κ1) is 20.3. The van der Waals surface area contributed by atoms with E-state index in [1.54, 1.807) is 0 Å². The van der Waals surface area contributed by atoms with Crippen molar-refractivity contribution in [2.24, 2.45) is 0 Å². The zero-order valence-corrected chi connectivity index (χ0v) is 17.3. The highest BCUT2D eigenvalue weighted by molar-refractivity contribution is 8.01. The molecule has 2 aromatic carbocycles. The van der Waals surface area contributed by atoms with E-state index in [4.69, 9.17) is 4.74 Å². The molecule has 0 saturated heterocycles. The molecular formula is C22H26N2O3S. The molecule has 0 radical (unpaired) electrons. The minimum absolute atomic E-state index is 0.116. The van der Waals surface area contributed by atoms with E-state index < -0.39 is 5.25 Å². The zero-order valence-electron chi connectivity index (χ0n) is 16.5. The van der Waals surface area contributed by atoms with Crippen molar-refractivity contribution in [3.63, 3.8) is 0 Å². The van der Waals surface area contributed by atoms with Gasteiger partial charge < -0.3 is 15.4 Å². The van der Waals surface area contributed by atoms with Crippen molar-refractivity contribution in [1.82, 2.24) is 5.32 Å². The van der Waals surface area contributed by atoms with E-state index in [0.29, 0.717) is 19.6 Å². The summed E-state index contributed by atoms with van der Waals surface area (Å²) >= 11 is 1.44. The van der Waals surface area contributed by atoms with Gasteiger partial charge in [-0.2, -0.15) is 0 Å². The number of hydrogen-bond acceptors (Lipinski definition) is 4. The quantitative estimate of drug-likeness (QED) is 0.692. The van der Waals surface area contributed by atoms with Gasteiger partial charge in [-0.3, -0.25) is 9.59 Å². The molecule has 0 aliphatic carbocycles. The molecule has 2 N–H and O–H groups in total. The Morgan fingerprint density at radius 2 is 2.00 bits per heavy atom. The SMILES string of the molecule is Cc1cc(C)c(C)c(OCCCNC(=O)C[C@H]2Sc3ccccc3NC2=O)c1. The van der Waals surface area contributed by atoms with E-state index in [1.165, 1.54) is 22.9 Å². The van der Waals surface area contributed by atoms with Crippen molar-refractivity contribution < 1.29 is 14.3 Å². The molecule has 0 aromatic heterocycles. The molecule has 3 rings (SSSR count). The highest BCUT2D eigenvalue weighted by Crippen LogP contribution is 2.36. The van der Waals surface area contributed by atoms with Crippen LogP contribution in [-0.2, 0) is 9.59 Å². The second kappa shape index (κ2) is 9.15. The van der Waals surface area contributed by atoms with Gasteiger partial charge in [0.1, 0.15) is 5.75 Å². The van der Waals surface area contributed by atoms with Gasteiger partial charge in [0.25, 0.3) is 0 Å². The van der Waals surface area contributed by atoms with Crippen LogP contribution in [0.2, 0.25) is 0 Å². The maximum absolute atomic E-state index is 12.2. The number of amides is 2. The monoisotopic (exact) mass is 398 g/mol. The van der Waals surface area contributed by atoms with E-state index >= 15 is 0 Å². The van der Waals surface area contributed by atoms with Crippen molar-refractivity contribution in [3.8, 4) is 5.75 Å². The number of carbonyl (C=O) groups excluding carboxylic acids is 2. The second-order valence-corrected chi connectivity index (χ2v) is 8.30. The summed E-state index contributed by atoms with van der Waals surface area (Å²) in [7, 11) is 0. The van der Waals surface area contributed by atoms with Crippen LogP contribution in [-0.4, -0.2) is 30.2 Å². The molecule has 1 aliphatic rings. The standard InChI is InChI=1S/C22H26N2O3S/c1-14-11-15(2)16(3)18(12-14)27-10-6-9-23-21(25)13-20-22(26)24-17-7-4-5-8-19(17)28-20/h4-5,7-8,11-12,20H,6,9-10,13H2,1-3H3,(H,23,25)(H,24,26)/t20-/m1/s1. The normalized spacial score (nSPS) is 15.5. The summed E-state index contributed by atoms with van der Waals surface area (Å²) in [6.07, 6.45) is 0.882. The number of nitrogens with one attached hydrogen (secondary N) is 2. The Kier molecular flexibility index (Phi) is 6.62. The number of carbonyl (C=O) groups is 2. The van der Waals surface area contributed by atoms with E-state index in [2.05, 4.69) is 37.5 Å². The Morgan fingerprint density at radius 1 is 1.21 bits per heavy atom. The fourth-order valence-corrected chi connectivity index (χ4v) is 4.21. The van der Waals surface area contributed by atoms with E-state index in [0.717, 1.165) is 21.9 Å². The molecule has 2 amide bonds. The van der Waals surface area contributed by atoms with Crippen LogP contribution in [0.25, 0.3) is 0 Å². The van der Waals surface area contributed by atoms with Crippen LogP contribution < -0.4 is 15.4 Å². The van der Waals surface area contributed by atoms with E-state index in [-0.39, 0.29) is 18.2 Å². The smallest absolute Gasteiger partial charge is 0.238 e. The number of benzene rings is 2. The summed E-state index contributed by atoms with van der Waals surface area (Å²) in [5.74, 6) is 0.667. The van der Waals surface area contributed by atoms with Crippen LogP contribution in [0.4, 0.5) is 5.69 Å². The predicted molar refractivity (Wildman–Crippen MR) is 113 cm³/mol.